The summed E-state index contributed by atoms with van der Waals surface area (Å²) in [5.74, 6) is 1.75. The standard InChI is InChI=1S/C18H22N8O/c1-23(12-15-3-2-5-19-11-15)13-17(27)25-9-7-24(8-10-25)16-4-6-20-18-22-21-14-26(16)18/h2-6,11,14H,7-10,12-13H2,1H3. The molecule has 3 aromatic heterocycles. The molecule has 0 saturated carbocycles. The van der Waals surface area contributed by atoms with Crippen molar-refractivity contribution in [2.45, 2.75) is 6.54 Å². The number of likely N-dealkylation sites (N-methyl/N-ethyl adjacent to an activating group) is 1. The van der Waals surface area contributed by atoms with Crippen molar-refractivity contribution in [1.82, 2.24) is 34.4 Å². The second kappa shape index (κ2) is 7.67. The minimum atomic E-state index is 0.158. The van der Waals surface area contributed by atoms with Crippen LogP contribution in [0.15, 0.2) is 43.1 Å². The van der Waals surface area contributed by atoms with Crippen LogP contribution >= 0.6 is 0 Å². The molecule has 0 aliphatic carbocycles. The van der Waals surface area contributed by atoms with E-state index in [0.717, 1.165) is 24.5 Å². The quantitative estimate of drug-likeness (QED) is 0.642. The van der Waals surface area contributed by atoms with Crippen molar-refractivity contribution in [2.24, 2.45) is 0 Å². The zero-order valence-corrected chi connectivity index (χ0v) is 15.3. The smallest absolute Gasteiger partial charge is 0.256 e. The van der Waals surface area contributed by atoms with Gasteiger partial charge in [0.05, 0.1) is 6.54 Å². The predicted molar refractivity (Wildman–Crippen MR) is 100 cm³/mol. The van der Waals surface area contributed by atoms with Crippen LogP contribution in [0.25, 0.3) is 5.78 Å². The molecule has 1 aliphatic rings. The topological polar surface area (TPSA) is 82.8 Å². The van der Waals surface area contributed by atoms with E-state index in [-0.39, 0.29) is 5.91 Å². The van der Waals surface area contributed by atoms with Gasteiger partial charge in [-0.05, 0) is 24.7 Å². The molecule has 0 atom stereocenters. The maximum atomic E-state index is 12.6. The van der Waals surface area contributed by atoms with Gasteiger partial charge < -0.3 is 9.80 Å². The van der Waals surface area contributed by atoms with Crippen LogP contribution in [0.1, 0.15) is 5.56 Å². The van der Waals surface area contributed by atoms with Crippen LogP contribution in [0.2, 0.25) is 0 Å². The fourth-order valence-electron chi connectivity index (χ4n) is 3.36. The number of carbonyl (C=O) groups excluding carboxylic acids is 1. The maximum Gasteiger partial charge on any atom is 0.256 e. The van der Waals surface area contributed by atoms with E-state index >= 15 is 0 Å². The Morgan fingerprint density at radius 3 is 2.81 bits per heavy atom. The Kier molecular flexibility index (Phi) is 4.93. The lowest BCUT2D eigenvalue weighted by Crippen LogP contribution is -2.51. The highest BCUT2D eigenvalue weighted by Gasteiger charge is 2.23. The molecule has 1 amide bonds. The van der Waals surface area contributed by atoms with E-state index in [1.54, 1.807) is 18.7 Å². The second-order valence-electron chi connectivity index (χ2n) is 6.71. The Balaban J connectivity index is 1.32. The second-order valence-corrected chi connectivity index (χ2v) is 6.71. The van der Waals surface area contributed by atoms with Crippen molar-refractivity contribution in [2.75, 3.05) is 44.7 Å². The summed E-state index contributed by atoms with van der Waals surface area (Å²) in [5.41, 5.74) is 1.10. The first-order valence-corrected chi connectivity index (χ1v) is 8.95. The zero-order chi connectivity index (χ0) is 18.6. The Hall–Kier alpha value is -3.07. The highest BCUT2D eigenvalue weighted by atomic mass is 16.2. The number of hydrogen-bond acceptors (Lipinski definition) is 7. The van der Waals surface area contributed by atoms with Crippen LogP contribution in [-0.4, -0.2) is 80.0 Å². The van der Waals surface area contributed by atoms with Gasteiger partial charge in [-0.2, -0.15) is 0 Å². The molecule has 0 radical (unpaired) electrons. The summed E-state index contributed by atoms with van der Waals surface area (Å²) in [6.45, 7) is 4.06. The number of hydrogen-bond donors (Lipinski definition) is 0. The first-order chi connectivity index (χ1) is 13.2. The Morgan fingerprint density at radius 2 is 2.04 bits per heavy atom. The highest BCUT2D eigenvalue weighted by molar-refractivity contribution is 5.78. The lowest BCUT2D eigenvalue weighted by atomic mass is 10.2. The molecule has 4 heterocycles. The number of fused-ring (bicyclic) bond motifs is 1. The fraction of sp³-hybridized carbons (Fsp3) is 0.389. The van der Waals surface area contributed by atoms with Crippen molar-refractivity contribution in [3.05, 3.63) is 48.7 Å². The Bertz CT molecular complexity index is 904. The summed E-state index contributed by atoms with van der Waals surface area (Å²) in [5, 5.41) is 7.90. The van der Waals surface area contributed by atoms with E-state index in [1.165, 1.54) is 0 Å². The summed E-state index contributed by atoms with van der Waals surface area (Å²) in [4.78, 5) is 27.1. The van der Waals surface area contributed by atoms with Crippen molar-refractivity contribution in [3.8, 4) is 0 Å². The SMILES string of the molecule is CN(CC(=O)N1CCN(c2ccnc3nncn23)CC1)Cc1cccnc1. The molecule has 1 aliphatic heterocycles. The van der Waals surface area contributed by atoms with Gasteiger partial charge >= 0.3 is 0 Å². The van der Waals surface area contributed by atoms with Gasteiger partial charge in [-0.1, -0.05) is 6.07 Å². The summed E-state index contributed by atoms with van der Waals surface area (Å²) in [6.07, 6.45) is 7.00. The minimum Gasteiger partial charge on any atom is -0.354 e. The van der Waals surface area contributed by atoms with Crippen LogP contribution in [-0.2, 0) is 11.3 Å². The summed E-state index contributed by atoms with van der Waals surface area (Å²) >= 11 is 0. The van der Waals surface area contributed by atoms with Crippen LogP contribution in [0.3, 0.4) is 0 Å². The number of nitrogens with zero attached hydrogens (tertiary/aromatic N) is 8. The lowest BCUT2D eigenvalue weighted by Gasteiger charge is -2.36. The largest absolute Gasteiger partial charge is 0.354 e. The van der Waals surface area contributed by atoms with E-state index in [0.29, 0.717) is 32.0 Å². The number of pyridine rings is 1. The number of anilines is 1. The lowest BCUT2D eigenvalue weighted by molar-refractivity contribution is -0.132. The fourth-order valence-corrected chi connectivity index (χ4v) is 3.36. The van der Waals surface area contributed by atoms with Gasteiger partial charge in [-0.15, -0.1) is 10.2 Å². The zero-order valence-electron chi connectivity index (χ0n) is 15.3. The highest BCUT2D eigenvalue weighted by Crippen LogP contribution is 2.16. The predicted octanol–water partition coefficient (Wildman–Crippen LogP) is 0.300. The molecule has 9 nitrogen and oxygen atoms in total. The number of piperazine rings is 1. The van der Waals surface area contributed by atoms with E-state index < -0.39 is 0 Å². The first kappa shape index (κ1) is 17.3. The average Bonchev–Trinajstić information content (AvgIpc) is 3.17. The van der Waals surface area contributed by atoms with Crippen LogP contribution in [0.5, 0.6) is 0 Å². The monoisotopic (exact) mass is 366 g/mol. The number of rotatable bonds is 5. The molecular weight excluding hydrogens is 344 g/mol. The molecule has 3 aromatic rings. The minimum absolute atomic E-state index is 0.158. The number of aromatic nitrogens is 5. The van der Waals surface area contributed by atoms with Crippen LogP contribution in [0.4, 0.5) is 5.82 Å². The van der Waals surface area contributed by atoms with Gasteiger partial charge in [0.15, 0.2) is 0 Å². The van der Waals surface area contributed by atoms with Crippen molar-refractivity contribution < 1.29 is 4.79 Å². The van der Waals surface area contributed by atoms with Gasteiger partial charge in [-0.3, -0.25) is 19.1 Å². The molecule has 0 unspecified atom stereocenters. The molecule has 4 rings (SSSR count). The van der Waals surface area contributed by atoms with Crippen molar-refractivity contribution in [3.63, 3.8) is 0 Å². The molecule has 0 spiro atoms. The van der Waals surface area contributed by atoms with Gasteiger partial charge in [0.25, 0.3) is 5.78 Å². The Morgan fingerprint density at radius 1 is 1.19 bits per heavy atom. The van der Waals surface area contributed by atoms with E-state index in [1.807, 2.05) is 45.6 Å². The summed E-state index contributed by atoms with van der Waals surface area (Å²) in [6, 6.07) is 5.89. The molecule has 0 N–H and O–H groups in total. The molecule has 1 fully saturated rings. The average molecular weight is 366 g/mol. The number of amides is 1. The van der Waals surface area contributed by atoms with Crippen LogP contribution in [0, 0.1) is 0 Å². The van der Waals surface area contributed by atoms with Crippen molar-refractivity contribution in [1.29, 1.82) is 0 Å². The third kappa shape index (κ3) is 3.87. The first-order valence-electron chi connectivity index (χ1n) is 8.95. The molecule has 9 heteroatoms. The van der Waals surface area contributed by atoms with Gasteiger partial charge in [-0.25, -0.2) is 4.98 Å². The summed E-state index contributed by atoms with van der Waals surface area (Å²) in [7, 11) is 1.96. The molecule has 0 aromatic carbocycles. The Labute approximate surface area is 157 Å². The third-order valence-corrected chi connectivity index (χ3v) is 4.73. The molecule has 27 heavy (non-hydrogen) atoms. The van der Waals surface area contributed by atoms with E-state index in [2.05, 4.69) is 25.1 Å². The summed E-state index contributed by atoms with van der Waals surface area (Å²) < 4.78 is 1.87. The maximum absolute atomic E-state index is 12.6. The normalized spacial score (nSPS) is 14.9. The molecular formula is C18H22N8O. The van der Waals surface area contributed by atoms with E-state index in [4.69, 9.17) is 0 Å². The molecule has 140 valence electrons. The van der Waals surface area contributed by atoms with Gasteiger partial charge in [0.1, 0.15) is 12.1 Å². The third-order valence-electron chi connectivity index (χ3n) is 4.73. The van der Waals surface area contributed by atoms with Crippen LogP contribution < -0.4 is 4.90 Å². The van der Waals surface area contributed by atoms with E-state index in [9.17, 15) is 4.79 Å². The van der Waals surface area contributed by atoms with Gasteiger partial charge in [0.2, 0.25) is 5.91 Å². The van der Waals surface area contributed by atoms with Crippen molar-refractivity contribution >= 4 is 17.5 Å². The molecule has 0 bridgehead atoms. The number of carbonyl (C=O) groups is 1. The molecule has 1 saturated heterocycles. The van der Waals surface area contributed by atoms with Gasteiger partial charge in [0, 0.05) is 51.3 Å².